The summed E-state index contributed by atoms with van der Waals surface area (Å²) in [6, 6.07) is 0. The first-order valence-electron chi connectivity index (χ1n) is 9.29. The number of carbonyl (C=O) groups excluding carboxylic acids is 1. The molecule has 4 saturated heterocycles. The highest BCUT2D eigenvalue weighted by atomic mass is 16.4. The van der Waals surface area contributed by atoms with Crippen molar-refractivity contribution < 1.29 is 25.2 Å². The zero-order valence-electron chi connectivity index (χ0n) is 15.6. The zero-order valence-corrected chi connectivity index (χ0v) is 15.6. The molecule has 144 valence electrons. The standard InChI is InChI=1S/C18H32N2O5/c1-10(2)17-6-19-8-18(11(3)4,16(17)25)9-20(7-17)15(19)14(24)13(23)12(22)5-21/h10-15,21-24H,5-9H2,1-4H3/t12-,13-,14+,15?,17?,18?/m1/s1. The van der Waals surface area contributed by atoms with Crippen LogP contribution < -0.4 is 0 Å². The van der Waals surface area contributed by atoms with E-state index in [1.54, 1.807) is 0 Å². The Morgan fingerprint density at radius 3 is 1.68 bits per heavy atom. The fourth-order valence-corrected chi connectivity index (χ4v) is 5.25. The number of aliphatic hydroxyl groups is 4. The van der Waals surface area contributed by atoms with Crippen molar-refractivity contribution in [2.45, 2.75) is 52.2 Å². The maximum atomic E-state index is 13.4. The van der Waals surface area contributed by atoms with E-state index < -0.39 is 41.9 Å². The smallest absolute Gasteiger partial charge is 0.150 e. The van der Waals surface area contributed by atoms with Crippen molar-refractivity contribution in [3.63, 3.8) is 0 Å². The van der Waals surface area contributed by atoms with Gasteiger partial charge in [-0.3, -0.25) is 14.6 Å². The molecule has 0 aliphatic carbocycles. The van der Waals surface area contributed by atoms with Gasteiger partial charge < -0.3 is 20.4 Å². The first-order chi connectivity index (χ1) is 11.6. The number of piperidine rings is 2. The van der Waals surface area contributed by atoms with Crippen molar-refractivity contribution in [3.05, 3.63) is 0 Å². The maximum absolute atomic E-state index is 13.4. The second-order valence-electron chi connectivity index (χ2n) is 8.91. The van der Waals surface area contributed by atoms with Gasteiger partial charge in [0, 0.05) is 26.2 Å². The number of Topliss-reactive ketones (excluding diaryl/α,β-unsaturated/α-hetero) is 1. The number of ketones is 1. The lowest BCUT2D eigenvalue weighted by Gasteiger charge is -2.69. The summed E-state index contributed by atoms with van der Waals surface area (Å²) in [6.07, 6.45) is -4.45. The van der Waals surface area contributed by atoms with Crippen molar-refractivity contribution in [1.82, 2.24) is 9.80 Å². The first-order valence-corrected chi connectivity index (χ1v) is 9.29. The molecule has 4 N–H and O–H groups in total. The zero-order chi connectivity index (χ0) is 18.7. The molecule has 7 nitrogen and oxygen atoms in total. The van der Waals surface area contributed by atoms with Gasteiger partial charge in [0.15, 0.2) is 5.78 Å². The van der Waals surface area contributed by atoms with Gasteiger partial charge in [0.25, 0.3) is 0 Å². The fraction of sp³-hybridized carbons (Fsp3) is 0.944. The number of nitrogens with zero attached hydrogens (tertiary/aromatic N) is 2. The molecule has 4 rings (SSSR count). The Morgan fingerprint density at radius 2 is 1.36 bits per heavy atom. The van der Waals surface area contributed by atoms with E-state index in [9.17, 15) is 20.1 Å². The SMILES string of the molecule is CC(C)C12CN3CC(C(C)C)(CN(C1)C3[C@@H](O)[C@H](O)[C@H](O)CO)C2=O. The van der Waals surface area contributed by atoms with Crippen LogP contribution in [0.25, 0.3) is 0 Å². The van der Waals surface area contributed by atoms with Crippen molar-refractivity contribution in [1.29, 1.82) is 0 Å². The highest BCUT2D eigenvalue weighted by Crippen LogP contribution is 2.54. The third-order valence-electron chi connectivity index (χ3n) is 7.04. The number of aliphatic hydroxyl groups excluding tert-OH is 4. The predicted octanol–water partition coefficient (Wildman–Crippen LogP) is -1.11. The van der Waals surface area contributed by atoms with Crippen molar-refractivity contribution in [2.75, 3.05) is 32.8 Å². The lowest BCUT2D eigenvalue weighted by molar-refractivity contribution is -0.242. The summed E-state index contributed by atoms with van der Waals surface area (Å²) in [4.78, 5) is 17.6. The number of hydrogen-bond acceptors (Lipinski definition) is 7. The van der Waals surface area contributed by atoms with E-state index in [1.165, 1.54) is 0 Å². The van der Waals surface area contributed by atoms with E-state index in [2.05, 4.69) is 37.5 Å². The van der Waals surface area contributed by atoms with E-state index in [0.29, 0.717) is 32.0 Å². The largest absolute Gasteiger partial charge is 0.394 e. The second-order valence-corrected chi connectivity index (χ2v) is 8.91. The van der Waals surface area contributed by atoms with Crippen LogP contribution in [0.5, 0.6) is 0 Å². The minimum absolute atomic E-state index is 0.190. The minimum Gasteiger partial charge on any atom is -0.394 e. The molecule has 4 aliphatic rings. The van der Waals surface area contributed by atoms with Gasteiger partial charge in [-0.05, 0) is 11.8 Å². The molecule has 0 aromatic carbocycles. The summed E-state index contributed by atoms with van der Waals surface area (Å²) < 4.78 is 0. The summed E-state index contributed by atoms with van der Waals surface area (Å²) in [7, 11) is 0. The topological polar surface area (TPSA) is 104 Å². The molecule has 25 heavy (non-hydrogen) atoms. The summed E-state index contributed by atoms with van der Waals surface area (Å²) in [5.41, 5.74) is -0.894. The molecule has 3 atom stereocenters. The molecular formula is C18H32N2O5. The molecule has 4 heterocycles. The van der Waals surface area contributed by atoms with Crippen molar-refractivity contribution >= 4 is 5.78 Å². The Kier molecular flexibility index (Phi) is 4.80. The van der Waals surface area contributed by atoms with Gasteiger partial charge in [-0.1, -0.05) is 27.7 Å². The molecule has 0 spiro atoms. The van der Waals surface area contributed by atoms with Crippen molar-refractivity contribution in [3.8, 4) is 0 Å². The monoisotopic (exact) mass is 356 g/mol. The maximum Gasteiger partial charge on any atom is 0.150 e. The van der Waals surface area contributed by atoms with Crippen LogP contribution in [-0.4, -0.2) is 93.3 Å². The van der Waals surface area contributed by atoms with E-state index in [0.717, 1.165) is 0 Å². The van der Waals surface area contributed by atoms with Gasteiger partial charge in [0.2, 0.25) is 0 Å². The van der Waals surface area contributed by atoms with Gasteiger partial charge >= 0.3 is 0 Å². The molecule has 4 bridgehead atoms. The van der Waals surface area contributed by atoms with Gasteiger partial charge in [-0.25, -0.2) is 0 Å². The van der Waals surface area contributed by atoms with Crippen LogP contribution in [0.4, 0.5) is 0 Å². The summed E-state index contributed by atoms with van der Waals surface area (Å²) in [6.45, 7) is 9.99. The lowest BCUT2D eigenvalue weighted by Crippen LogP contribution is -2.83. The second kappa shape index (κ2) is 6.25. The Bertz CT molecular complexity index is 492. The average Bonchev–Trinajstić information content (AvgIpc) is 2.55. The quantitative estimate of drug-likeness (QED) is 0.478. The third kappa shape index (κ3) is 2.51. The van der Waals surface area contributed by atoms with Gasteiger partial charge in [-0.2, -0.15) is 0 Å². The lowest BCUT2D eigenvalue weighted by atomic mass is 9.53. The first kappa shape index (κ1) is 19.2. The van der Waals surface area contributed by atoms with Gasteiger partial charge in [-0.15, -0.1) is 0 Å². The molecule has 4 fully saturated rings. The minimum atomic E-state index is -1.42. The Morgan fingerprint density at radius 1 is 0.960 bits per heavy atom. The van der Waals surface area contributed by atoms with Gasteiger partial charge in [0.05, 0.1) is 23.6 Å². The van der Waals surface area contributed by atoms with Crippen LogP contribution in [0.15, 0.2) is 0 Å². The Hall–Kier alpha value is -0.570. The van der Waals surface area contributed by atoms with E-state index >= 15 is 0 Å². The number of carbonyl (C=O) groups is 1. The molecule has 4 aliphatic heterocycles. The van der Waals surface area contributed by atoms with Crippen LogP contribution >= 0.6 is 0 Å². The Balaban J connectivity index is 1.95. The number of hydrogen-bond donors (Lipinski definition) is 4. The Labute approximate surface area is 149 Å². The molecule has 0 aromatic heterocycles. The highest BCUT2D eigenvalue weighted by Gasteiger charge is 2.68. The average molecular weight is 356 g/mol. The molecule has 0 saturated carbocycles. The van der Waals surface area contributed by atoms with Crippen LogP contribution in [0.1, 0.15) is 27.7 Å². The fourth-order valence-electron chi connectivity index (χ4n) is 5.25. The van der Waals surface area contributed by atoms with Crippen LogP contribution in [0.2, 0.25) is 0 Å². The van der Waals surface area contributed by atoms with E-state index in [-0.39, 0.29) is 11.8 Å². The summed E-state index contributed by atoms with van der Waals surface area (Å²) >= 11 is 0. The predicted molar refractivity (Wildman–Crippen MR) is 91.6 cm³/mol. The van der Waals surface area contributed by atoms with Gasteiger partial charge in [0.1, 0.15) is 18.3 Å². The molecule has 0 radical (unpaired) electrons. The van der Waals surface area contributed by atoms with E-state index in [1.807, 2.05) is 0 Å². The molecule has 0 amide bonds. The van der Waals surface area contributed by atoms with Crippen LogP contribution in [-0.2, 0) is 4.79 Å². The van der Waals surface area contributed by atoms with Crippen LogP contribution in [0, 0.1) is 22.7 Å². The summed E-state index contributed by atoms with van der Waals surface area (Å²) in [5.74, 6) is 0.728. The normalized spacial score (nSPS) is 43.8. The molecule has 7 heteroatoms. The van der Waals surface area contributed by atoms with E-state index in [4.69, 9.17) is 5.11 Å². The molecular weight excluding hydrogens is 324 g/mol. The molecule has 0 unspecified atom stereocenters. The third-order valence-corrected chi connectivity index (χ3v) is 7.04. The number of rotatable bonds is 6. The van der Waals surface area contributed by atoms with Crippen molar-refractivity contribution in [2.24, 2.45) is 22.7 Å². The molecule has 0 aromatic rings. The van der Waals surface area contributed by atoms with Crippen LogP contribution in [0.3, 0.4) is 0 Å². The summed E-state index contributed by atoms with van der Waals surface area (Å²) in [5, 5.41) is 39.7. The highest BCUT2D eigenvalue weighted by molar-refractivity contribution is 5.94.